The van der Waals surface area contributed by atoms with E-state index in [1.54, 1.807) is 26.8 Å². The molecule has 0 aromatic heterocycles. The predicted molar refractivity (Wildman–Crippen MR) is 131 cm³/mol. The molecule has 0 spiro atoms. The number of ether oxygens (including phenoxy) is 2. The zero-order chi connectivity index (χ0) is 25.6. The topological polar surface area (TPSA) is 105 Å². The molecule has 4 rings (SSSR count). The number of nitrogens with one attached hydrogen (secondary N) is 1. The maximum absolute atomic E-state index is 12.6. The maximum Gasteiger partial charge on any atom is 0.408 e. The zero-order valence-corrected chi connectivity index (χ0v) is 21.1. The van der Waals surface area contributed by atoms with E-state index in [2.05, 4.69) is 18.2 Å². The summed E-state index contributed by atoms with van der Waals surface area (Å²) in [6.07, 6.45) is 10.3. The number of carbonyl (C=O) groups is 2. The van der Waals surface area contributed by atoms with E-state index in [9.17, 15) is 19.8 Å². The van der Waals surface area contributed by atoms with Gasteiger partial charge in [-0.3, -0.25) is 0 Å². The van der Waals surface area contributed by atoms with E-state index in [4.69, 9.17) is 15.9 Å². The lowest BCUT2D eigenvalue weighted by Crippen LogP contribution is -2.50. The molecule has 3 aliphatic carbocycles. The fourth-order valence-corrected chi connectivity index (χ4v) is 6.69. The average molecular weight is 484 g/mol. The highest BCUT2D eigenvalue weighted by molar-refractivity contribution is 5.83. The molecule has 2 saturated carbocycles. The molecule has 1 aromatic carbocycles. The number of hydrogen-bond acceptors (Lipinski definition) is 6. The third kappa shape index (κ3) is 4.66. The van der Waals surface area contributed by atoms with E-state index in [0.717, 1.165) is 37.7 Å². The Labute approximate surface area is 207 Å². The first-order chi connectivity index (χ1) is 16.4. The largest absolute Gasteiger partial charge is 0.444 e. The van der Waals surface area contributed by atoms with Gasteiger partial charge < -0.3 is 25.0 Å². The normalized spacial score (nSPS) is 32.3. The van der Waals surface area contributed by atoms with Crippen molar-refractivity contribution in [3.8, 4) is 18.1 Å². The molecule has 190 valence electrons. The number of aliphatic hydroxyl groups excluding tert-OH is 1. The maximum atomic E-state index is 12.6. The molecule has 1 aromatic rings. The third-order valence-corrected chi connectivity index (χ3v) is 8.46. The van der Waals surface area contributed by atoms with Gasteiger partial charge in [0.15, 0.2) is 6.04 Å². The lowest BCUT2D eigenvalue weighted by Gasteiger charge is -2.52. The van der Waals surface area contributed by atoms with Crippen LogP contribution in [0.3, 0.4) is 0 Å². The van der Waals surface area contributed by atoms with Gasteiger partial charge in [0.2, 0.25) is 0 Å². The van der Waals surface area contributed by atoms with Gasteiger partial charge in [-0.2, -0.15) is 0 Å². The molecule has 7 heteroatoms. The van der Waals surface area contributed by atoms with Gasteiger partial charge in [0.05, 0.1) is 6.61 Å². The van der Waals surface area contributed by atoms with Crippen LogP contribution in [-0.2, 0) is 16.0 Å². The lowest BCUT2D eigenvalue weighted by molar-refractivity contribution is -0.137. The molecule has 0 radical (unpaired) electrons. The van der Waals surface area contributed by atoms with Crippen molar-refractivity contribution in [3.63, 3.8) is 0 Å². The van der Waals surface area contributed by atoms with E-state index in [1.165, 1.54) is 5.56 Å². The SMILES string of the molecule is C#C[C@]1(O)CCC2C3CCc4cc(OC(=O)[C@@H](CO)NC(=O)OC(C)(C)C)ccc4C3CC[C@@]21C. The number of rotatable bonds is 4. The van der Waals surface area contributed by atoms with Crippen molar-refractivity contribution >= 4 is 12.1 Å². The average Bonchev–Trinajstić information content (AvgIpc) is 3.07. The molecular formula is C28H37NO6. The highest BCUT2D eigenvalue weighted by Gasteiger charge is 2.61. The highest BCUT2D eigenvalue weighted by atomic mass is 16.6. The van der Waals surface area contributed by atoms with Gasteiger partial charge in [0.25, 0.3) is 0 Å². The Morgan fingerprint density at radius 3 is 2.66 bits per heavy atom. The van der Waals surface area contributed by atoms with Crippen LogP contribution in [0, 0.1) is 29.6 Å². The Morgan fingerprint density at radius 2 is 2.00 bits per heavy atom. The van der Waals surface area contributed by atoms with Crippen LogP contribution in [-0.4, -0.2) is 46.1 Å². The molecule has 3 N–H and O–H groups in total. The molecule has 6 atom stereocenters. The van der Waals surface area contributed by atoms with Gasteiger partial charge in [0.1, 0.15) is 17.0 Å². The van der Waals surface area contributed by atoms with Crippen LogP contribution in [0.4, 0.5) is 4.79 Å². The second-order valence-electron chi connectivity index (χ2n) is 11.6. The highest BCUT2D eigenvalue weighted by Crippen LogP contribution is 2.64. The monoisotopic (exact) mass is 483 g/mol. The summed E-state index contributed by atoms with van der Waals surface area (Å²) in [5, 5.41) is 23.1. The molecule has 0 heterocycles. The molecule has 2 fully saturated rings. The minimum absolute atomic E-state index is 0.240. The van der Waals surface area contributed by atoms with Crippen LogP contribution in [0.15, 0.2) is 18.2 Å². The first-order valence-corrected chi connectivity index (χ1v) is 12.6. The van der Waals surface area contributed by atoms with Gasteiger partial charge in [-0.15, -0.1) is 6.42 Å². The van der Waals surface area contributed by atoms with Crippen molar-refractivity contribution < 1.29 is 29.3 Å². The summed E-state index contributed by atoms with van der Waals surface area (Å²) in [6.45, 7) is 6.71. The van der Waals surface area contributed by atoms with Gasteiger partial charge in [-0.25, -0.2) is 9.59 Å². The number of aryl methyl sites for hydroxylation is 1. The number of fused-ring (bicyclic) bond motifs is 5. The second kappa shape index (κ2) is 9.15. The van der Waals surface area contributed by atoms with E-state index in [1.807, 2.05) is 12.1 Å². The summed E-state index contributed by atoms with van der Waals surface area (Å²) >= 11 is 0. The van der Waals surface area contributed by atoms with Crippen molar-refractivity contribution in [2.45, 2.75) is 89.4 Å². The summed E-state index contributed by atoms with van der Waals surface area (Å²) in [7, 11) is 0. The predicted octanol–water partition coefficient (Wildman–Crippen LogP) is 3.70. The molecule has 0 bridgehead atoms. The summed E-state index contributed by atoms with van der Waals surface area (Å²) < 4.78 is 10.7. The number of terminal acetylenes is 1. The van der Waals surface area contributed by atoms with E-state index in [0.29, 0.717) is 29.9 Å². The van der Waals surface area contributed by atoms with Crippen LogP contribution in [0.2, 0.25) is 0 Å². The third-order valence-electron chi connectivity index (χ3n) is 8.46. The van der Waals surface area contributed by atoms with Gasteiger partial charge in [-0.05, 0) is 100 Å². The van der Waals surface area contributed by atoms with Gasteiger partial charge in [-0.1, -0.05) is 18.9 Å². The number of alkyl carbamates (subject to hydrolysis) is 1. The fraction of sp³-hybridized carbons (Fsp3) is 0.643. The first-order valence-electron chi connectivity index (χ1n) is 12.6. The summed E-state index contributed by atoms with van der Waals surface area (Å²) in [6, 6.07) is 4.49. The number of aliphatic hydroxyl groups is 2. The molecule has 0 saturated heterocycles. The van der Waals surface area contributed by atoms with Crippen LogP contribution in [0.1, 0.15) is 76.8 Å². The van der Waals surface area contributed by atoms with E-state index >= 15 is 0 Å². The second-order valence-corrected chi connectivity index (χ2v) is 11.6. The number of hydrogen-bond donors (Lipinski definition) is 3. The number of esters is 1. The van der Waals surface area contributed by atoms with Crippen molar-refractivity contribution in [2.24, 2.45) is 17.3 Å². The molecule has 3 unspecified atom stereocenters. The summed E-state index contributed by atoms with van der Waals surface area (Å²) in [4.78, 5) is 24.6. The molecule has 1 amide bonds. The van der Waals surface area contributed by atoms with Gasteiger partial charge in [0, 0.05) is 5.41 Å². The van der Waals surface area contributed by atoms with Crippen LogP contribution in [0.25, 0.3) is 0 Å². The molecule has 3 aliphatic rings. The van der Waals surface area contributed by atoms with E-state index < -0.39 is 35.9 Å². The minimum atomic E-state index is -1.22. The van der Waals surface area contributed by atoms with Crippen molar-refractivity contribution in [1.29, 1.82) is 0 Å². The Kier molecular flexibility index (Phi) is 6.67. The molecule has 7 nitrogen and oxygen atoms in total. The zero-order valence-electron chi connectivity index (χ0n) is 21.1. The first kappa shape index (κ1) is 25.5. The number of benzene rings is 1. The van der Waals surface area contributed by atoms with Crippen molar-refractivity contribution in [2.75, 3.05) is 6.61 Å². The lowest BCUT2D eigenvalue weighted by atomic mass is 9.53. The van der Waals surface area contributed by atoms with Crippen molar-refractivity contribution in [1.82, 2.24) is 5.32 Å². The molecular weight excluding hydrogens is 446 g/mol. The number of amides is 1. The van der Waals surface area contributed by atoms with Crippen LogP contribution >= 0.6 is 0 Å². The van der Waals surface area contributed by atoms with Crippen LogP contribution < -0.4 is 10.1 Å². The minimum Gasteiger partial charge on any atom is -0.444 e. The quantitative estimate of drug-likeness (QED) is 0.343. The van der Waals surface area contributed by atoms with Crippen LogP contribution in [0.5, 0.6) is 5.75 Å². The molecule has 35 heavy (non-hydrogen) atoms. The Hall–Kier alpha value is -2.56. The summed E-state index contributed by atoms with van der Waals surface area (Å²) in [5.41, 5.74) is 0.461. The molecule has 0 aliphatic heterocycles. The van der Waals surface area contributed by atoms with Gasteiger partial charge >= 0.3 is 12.1 Å². The Balaban J connectivity index is 1.45. The van der Waals surface area contributed by atoms with Crippen molar-refractivity contribution in [3.05, 3.63) is 29.3 Å². The summed E-state index contributed by atoms with van der Waals surface area (Å²) in [5.74, 6) is 3.63. The smallest absolute Gasteiger partial charge is 0.408 e. The van der Waals surface area contributed by atoms with E-state index in [-0.39, 0.29) is 5.41 Å². The standard InChI is InChI=1S/C28H37NO6/c1-6-28(33)14-12-22-21-9-7-17-15-18(8-10-19(17)20(21)11-13-27(22,28)5)34-24(31)23(16-30)29-25(32)35-26(2,3)4/h1,8,10,15,20-23,30,33H,7,9,11-14,16H2,2-5H3,(H,29,32)/t20?,21?,22?,23-,27+,28+/m1/s1. The Bertz CT molecular complexity index is 1040. The number of carbonyl (C=O) groups excluding carboxylic acids is 2. The Morgan fingerprint density at radius 1 is 1.26 bits per heavy atom. The fourth-order valence-electron chi connectivity index (χ4n) is 6.69.